The van der Waals surface area contributed by atoms with Gasteiger partial charge in [-0.25, -0.2) is 4.79 Å². The number of rotatable bonds is 7. The van der Waals surface area contributed by atoms with Crippen LogP contribution in [0.25, 0.3) is 11.1 Å². The fourth-order valence-corrected chi connectivity index (χ4v) is 3.98. The second kappa shape index (κ2) is 9.91. The molecule has 0 aliphatic heterocycles. The van der Waals surface area contributed by atoms with Gasteiger partial charge >= 0.3 is 5.97 Å². The molecule has 150 valence electrons. The van der Waals surface area contributed by atoms with Crippen molar-refractivity contribution in [3.8, 4) is 16.9 Å². The largest absolute Gasteiger partial charge is 0.484 e. The van der Waals surface area contributed by atoms with Crippen LogP contribution >= 0.6 is 38.9 Å². The second-order valence-electron chi connectivity index (χ2n) is 5.88. The van der Waals surface area contributed by atoms with Crippen LogP contribution in [0.3, 0.4) is 0 Å². The molecule has 5 nitrogen and oxygen atoms in total. The van der Waals surface area contributed by atoms with Crippen molar-refractivity contribution in [3.05, 3.63) is 69.0 Å². The lowest BCUT2D eigenvalue weighted by atomic mass is 10.0. The van der Waals surface area contributed by atoms with E-state index in [1.807, 2.05) is 29.6 Å². The Kier molecular flexibility index (Phi) is 7.30. The zero-order valence-electron chi connectivity index (χ0n) is 15.4. The van der Waals surface area contributed by atoms with Gasteiger partial charge in [-0.1, -0.05) is 45.7 Å². The molecule has 1 amide bonds. The Labute approximate surface area is 185 Å². The van der Waals surface area contributed by atoms with Crippen molar-refractivity contribution in [2.24, 2.45) is 0 Å². The number of carbonyl (C=O) groups excluding carboxylic acids is 2. The van der Waals surface area contributed by atoms with Gasteiger partial charge in [0.2, 0.25) is 0 Å². The van der Waals surface area contributed by atoms with Gasteiger partial charge in [0.15, 0.2) is 6.61 Å². The van der Waals surface area contributed by atoms with Crippen LogP contribution in [0.1, 0.15) is 17.3 Å². The predicted octanol–water partition coefficient (Wildman–Crippen LogP) is 6.03. The van der Waals surface area contributed by atoms with Crippen LogP contribution in [0, 0.1) is 0 Å². The molecule has 0 aliphatic rings. The highest BCUT2D eigenvalue weighted by atomic mass is 79.9. The van der Waals surface area contributed by atoms with Crippen molar-refractivity contribution < 1.29 is 19.1 Å². The van der Waals surface area contributed by atoms with Crippen molar-refractivity contribution in [1.82, 2.24) is 0 Å². The summed E-state index contributed by atoms with van der Waals surface area (Å²) in [6.07, 6.45) is 0. The Bertz CT molecular complexity index is 1020. The number of carbonyl (C=O) groups is 2. The quantitative estimate of drug-likeness (QED) is 0.408. The Morgan fingerprint density at radius 3 is 2.62 bits per heavy atom. The van der Waals surface area contributed by atoms with E-state index < -0.39 is 5.97 Å². The highest BCUT2D eigenvalue weighted by Gasteiger charge is 2.23. The third-order valence-corrected chi connectivity index (χ3v) is 5.50. The Balaban J connectivity index is 1.79. The number of nitrogens with one attached hydrogen (secondary N) is 1. The van der Waals surface area contributed by atoms with Gasteiger partial charge in [-0.3, -0.25) is 4.79 Å². The highest BCUT2D eigenvalue weighted by molar-refractivity contribution is 9.10. The van der Waals surface area contributed by atoms with E-state index in [9.17, 15) is 9.59 Å². The van der Waals surface area contributed by atoms with Crippen molar-refractivity contribution in [2.75, 3.05) is 18.5 Å². The van der Waals surface area contributed by atoms with Gasteiger partial charge < -0.3 is 14.8 Å². The fraction of sp³-hybridized carbons (Fsp3) is 0.143. The number of halogens is 2. The Hall–Kier alpha value is -2.35. The van der Waals surface area contributed by atoms with E-state index >= 15 is 0 Å². The van der Waals surface area contributed by atoms with Crippen LogP contribution in [-0.2, 0) is 9.53 Å². The van der Waals surface area contributed by atoms with E-state index in [0.717, 1.165) is 10.0 Å². The van der Waals surface area contributed by atoms with Gasteiger partial charge in [0.25, 0.3) is 5.91 Å². The normalized spacial score (nSPS) is 10.4. The SMILES string of the molecule is CCOC(=O)c1c(-c2ccc(Br)cc2)csc1NC(=O)COc1cccc(Cl)c1. The smallest absolute Gasteiger partial charge is 0.341 e. The number of esters is 1. The van der Waals surface area contributed by atoms with E-state index in [1.54, 1.807) is 31.2 Å². The maximum Gasteiger partial charge on any atom is 0.341 e. The third kappa shape index (κ3) is 5.59. The second-order valence-corrected chi connectivity index (χ2v) is 8.11. The van der Waals surface area contributed by atoms with Gasteiger partial charge in [-0.15, -0.1) is 11.3 Å². The van der Waals surface area contributed by atoms with Crippen LogP contribution in [0.4, 0.5) is 5.00 Å². The molecule has 2 aromatic carbocycles. The molecule has 0 unspecified atom stereocenters. The molecule has 3 aromatic rings. The number of anilines is 1. The molecule has 0 atom stereocenters. The number of amides is 1. The summed E-state index contributed by atoms with van der Waals surface area (Å²) in [6, 6.07) is 14.3. The van der Waals surface area contributed by atoms with Gasteiger partial charge in [0.05, 0.1) is 6.61 Å². The van der Waals surface area contributed by atoms with E-state index in [1.165, 1.54) is 11.3 Å². The molecule has 0 fully saturated rings. The molecule has 8 heteroatoms. The van der Waals surface area contributed by atoms with Crippen LogP contribution in [0.15, 0.2) is 58.4 Å². The monoisotopic (exact) mass is 493 g/mol. The molecule has 1 heterocycles. The summed E-state index contributed by atoms with van der Waals surface area (Å²) in [5.41, 5.74) is 1.88. The minimum absolute atomic E-state index is 0.214. The predicted molar refractivity (Wildman–Crippen MR) is 119 cm³/mol. The van der Waals surface area contributed by atoms with Crippen LogP contribution in [-0.4, -0.2) is 25.1 Å². The summed E-state index contributed by atoms with van der Waals surface area (Å²) >= 11 is 10.6. The van der Waals surface area contributed by atoms with Crippen LogP contribution in [0.5, 0.6) is 5.75 Å². The molecular weight excluding hydrogens is 478 g/mol. The first-order valence-electron chi connectivity index (χ1n) is 8.70. The third-order valence-electron chi connectivity index (χ3n) is 3.84. The highest BCUT2D eigenvalue weighted by Crippen LogP contribution is 2.36. The average molecular weight is 495 g/mol. The molecule has 1 aromatic heterocycles. The average Bonchev–Trinajstić information content (AvgIpc) is 3.11. The van der Waals surface area contributed by atoms with Crippen molar-refractivity contribution in [3.63, 3.8) is 0 Å². The van der Waals surface area contributed by atoms with E-state index in [-0.39, 0.29) is 19.1 Å². The lowest BCUT2D eigenvalue weighted by Crippen LogP contribution is -2.21. The number of benzene rings is 2. The standard InChI is InChI=1S/C21H17BrClNO4S/c1-2-27-21(26)19-17(13-6-8-14(22)9-7-13)12-29-20(19)24-18(25)11-28-16-5-3-4-15(23)10-16/h3-10,12H,2,11H2,1H3,(H,24,25). The summed E-state index contributed by atoms with van der Waals surface area (Å²) in [5.74, 6) is -0.391. The zero-order valence-corrected chi connectivity index (χ0v) is 18.6. The summed E-state index contributed by atoms with van der Waals surface area (Å²) in [4.78, 5) is 24.9. The number of hydrogen-bond acceptors (Lipinski definition) is 5. The first-order valence-corrected chi connectivity index (χ1v) is 10.8. The summed E-state index contributed by atoms with van der Waals surface area (Å²) in [6.45, 7) is 1.76. The number of thiophene rings is 1. The minimum Gasteiger partial charge on any atom is -0.484 e. The maximum atomic E-state index is 12.6. The molecule has 0 saturated carbocycles. The minimum atomic E-state index is -0.488. The van der Waals surface area contributed by atoms with Gasteiger partial charge in [0, 0.05) is 20.4 Å². The lowest BCUT2D eigenvalue weighted by molar-refractivity contribution is -0.118. The fourth-order valence-electron chi connectivity index (χ4n) is 2.57. The molecule has 0 bridgehead atoms. The van der Waals surface area contributed by atoms with Gasteiger partial charge in [-0.05, 0) is 42.8 Å². The van der Waals surface area contributed by atoms with Crippen LogP contribution < -0.4 is 10.1 Å². The van der Waals surface area contributed by atoms with Gasteiger partial charge in [0.1, 0.15) is 16.3 Å². The number of hydrogen-bond donors (Lipinski definition) is 1. The summed E-state index contributed by atoms with van der Waals surface area (Å²) in [7, 11) is 0. The van der Waals surface area contributed by atoms with E-state index in [0.29, 0.717) is 26.9 Å². The molecule has 3 rings (SSSR count). The summed E-state index contributed by atoms with van der Waals surface area (Å²) < 4.78 is 11.6. The number of ether oxygens (including phenoxy) is 2. The van der Waals surface area contributed by atoms with Gasteiger partial charge in [-0.2, -0.15) is 0 Å². The molecule has 1 N–H and O–H groups in total. The Morgan fingerprint density at radius 1 is 1.17 bits per heavy atom. The Morgan fingerprint density at radius 2 is 1.93 bits per heavy atom. The first kappa shape index (κ1) is 21.4. The van der Waals surface area contributed by atoms with E-state index in [2.05, 4.69) is 21.2 Å². The van der Waals surface area contributed by atoms with Crippen molar-refractivity contribution in [2.45, 2.75) is 6.92 Å². The molecule has 29 heavy (non-hydrogen) atoms. The maximum absolute atomic E-state index is 12.6. The van der Waals surface area contributed by atoms with Crippen molar-refractivity contribution in [1.29, 1.82) is 0 Å². The molecular formula is C21H17BrClNO4S. The molecule has 0 spiro atoms. The lowest BCUT2D eigenvalue weighted by Gasteiger charge is -2.10. The first-order chi connectivity index (χ1) is 14.0. The van der Waals surface area contributed by atoms with E-state index in [4.69, 9.17) is 21.1 Å². The molecule has 0 saturated heterocycles. The molecule has 0 aliphatic carbocycles. The molecule has 0 radical (unpaired) electrons. The summed E-state index contributed by atoms with van der Waals surface area (Å²) in [5, 5.41) is 5.51. The zero-order chi connectivity index (χ0) is 20.8. The van der Waals surface area contributed by atoms with Crippen molar-refractivity contribution >= 4 is 55.7 Å². The topological polar surface area (TPSA) is 64.6 Å². The van der Waals surface area contributed by atoms with Crippen LogP contribution in [0.2, 0.25) is 5.02 Å².